The van der Waals surface area contributed by atoms with Crippen LogP contribution < -0.4 is 11.1 Å². The fraction of sp³-hybridized carbons (Fsp3) is 0.562. The van der Waals surface area contributed by atoms with Crippen LogP contribution in [0.2, 0.25) is 0 Å². The molecule has 2 atom stereocenters. The summed E-state index contributed by atoms with van der Waals surface area (Å²) in [6.07, 6.45) is 1.07. The van der Waals surface area contributed by atoms with E-state index in [4.69, 9.17) is 10.9 Å². The molecule has 21 heavy (non-hydrogen) atoms. The molecule has 0 radical (unpaired) electrons. The lowest BCUT2D eigenvalue weighted by Gasteiger charge is -2.35. The minimum atomic E-state index is -0.0575. The van der Waals surface area contributed by atoms with Crippen LogP contribution in [0.1, 0.15) is 45.2 Å². The normalized spacial score (nSPS) is 15.7. The number of benzene rings is 1. The van der Waals surface area contributed by atoms with Crippen LogP contribution >= 0.6 is 0 Å². The van der Waals surface area contributed by atoms with Gasteiger partial charge in [-0.3, -0.25) is 0 Å². The highest BCUT2D eigenvalue weighted by Gasteiger charge is 2.27. The van der Waals surface area contributed by atoms with Crippen LogP contribution in [-0.4, -0.2) is 28.8 Å². The van der Waals surface area contributed by atoms with Gasteiger partial charge in [-0.15, -0.1) is 0 Å². The Kier molecular flexibility index (Phi) is 6.65. The van der Waals surface area contributed by atoms with E-state index in [-0.39, 0.29) is 29.9 Å². The summed E-state index contributed by atoms with van der Waals surface area (Å²) in [7, 11) is 0. The highest BCUT2D eigenvalue weighted by molar-refractivity contribution is 5.80. The van der Waals surface area contributed by atoms with Crippen LogP contribution in [0, 0.1) is 5.41 Å². The first-order valence-corrected chi connectivity index (χ1v) is 7.26. The van der Waals surface area contributed by atoms with Crippen LogP contribution in [0.5, 0.6) is 0 Å². The average Bonchev–Trinajstić information content (AvgIpc) is 2.45. The lowest BCUT2D eigenvalue weighted by atomic mass is 9.83. The van der Waals surface area contributed by atoms with Crippen LogP contribution in [0.15, 0.2) is 35.5 Å². The summed E-state index contributed by atoms with van der Waals surface area (Å²) in [5.74, 6) is 0.188. The number of aliphatic hydroxyl groups excluding tert-OH is 1. The van der Waals surface area contributed by atoms with Crippen molar-refractivity contribution in [1.29, 1.82) is 0 Å². The Bertz CT molecular complexity index is 441. The van der Waals surface area contributed by atoms with Gasteiger partial charge in [0.2, 0.25) is 0 Å². The van der Waals surface area contributed by atoms with E-state index >= 15 is 0 Å². The molecule has 0 saturated heterocycles. The molecule has 0 aliphatic rings. The summed E-state index contributed by atoms with van der Waals surface area (Å²) >= 11 is 0. The summed E-state index contributed by atoms with van der Waals surface area (Å²) in [5, 5.41) is 24.7. The van der Waals surface area contributed by atoms with Crippen molar-refractivity contribution in [3.63, 3.8) is 0 Å². The van der Waals surface area contributed by atoms with E-state index in [2.05, 4.69) is 31.2 Å². The Morgan fingerprint density at radius 3 is 2.38 bits per heavy atom. The standard InChI is InChI=1S/C16H27N3O2/c1-16(2,3)14(9-10-20)18-13(11-15(17)19-21)12-7-5-4-6-8-12/h4-8,13-14,18,20-21H,9-11H2,1-3H3,(H2,17,19). The van der Waals surface area contributed by atoms with E-state index in [0.29, 0.717) is 12.8 Å². The highest BCUT2D eigenvalue weighted by Crippen LogP contribution is 2.26. The molecule has 0 aliphatic carbocycles. The third-order valence-corrected chi connectivity index (χ3v) is 3.61. The van der Waals surface area contributed by atoms with E-state index in [9.17, 15) is 5.11 Å². The number of amidine groups is 1. The smallest absolute Gasteiger partial charge is 0.141 e. The van der Waals surface area contributed by atoms with Gasteiger partial charge in [0.25, 0.3) is 0 Å². The monoisotopic (exact) mass is 293 g/mol. The van der Waals surface area contributed by atoms with Gasteiger partial charge in [-0.1, -0.05) is 56.3 Å². The van der Waals surface area contributed by atoms with E-state index < -0.39 is 0 Å². The molecule has 1 rings (SSSR count). The summed E-state index contributed by atoms with van der Waals surface area (Å²) in [6, 6.07) is 9.99. The van der Waals surface area contributed by atoms with Crippen LogP contribution in [-0.2, 0) is 0 Å². The third kappa shape index (κ3) is 5.73. The molecule has 0 bridgehead atoms. The van der Waals surface area contributed by atoms with Gasteiger partial charge in [-0.05, 0) is 17.4 Å². The summed E-state index contributed by atoms with van der Waals surface area (Å²) in [4.78, 5) is 0. The molecule has 5 nitrogen and oxygen atoms in total. The lowest BCUT2D eigenvalue weighted by molar-refractivity contribution is 0.186. The molecular weight excluding hydrogens is 266 g/mol. The first-order valence-electron chi connectivity index (χ1n) is 7.26. The zero-order chi connectivity index (χ0) is 15.9. The molecule has 1 aromatic rings. The maximum absolute atomic E-state index is 9.28. The molecule has 0 fully saturated rings. The van der Waals surface area contributed by atoms with Crippen molar-refractivity contribution in [2.45, 2.75) is 45.7 Å². The number of nitrogens with one attached hydrogen (secondary N) is 1. The molecule has 0 amide bonds. The van der Waals surface area contributed by atoms with Gasteiger partial charge in [0.05, 0.1) is 0 Å². The van der Waals surface area contributed by atoms with Gasteiger partial charge < -0.3 is 21.4 Å². The van der Waals surface area contributed by atoms with Gasteiger partial charge in [-0.25, -0.2) is 0 Å². The molecule has 0 aliphatic heterocycles. The minimum absolute atomic E-state index is 0.000873. The second-order valence-electron chi connectivity index (χ2n) is 6.36. The van der Waals surface area contributed by atoms with Crippen LogP contribution in [0.4, 0.5) is 0 Å². The molecule has 0 heterocycles. The summed E-state index contributed by atoms with van der Waals surface area (Å²) < 4.78 is 0. The molecular formula is C16H27N3O2. The Morgan fingerprint density at radius 2 is 1.90 bits per heavy atom. The fourth-order valence-corrected chi connectivity index (χ4v) is 2.35. The van der Waals surface area contributed by atoms with E-state index in [1.54, 1.807) is 0 Å². The zero-order valence-corrected chi connectivity index (χ0v) is 13.1. The molecule has 118 valence electrons. The van der Waals surface area contributed by atoms with Crippen molar-refractivity contribution in [1.82, 2.24) is 5.32 Å². The Morgan fingerprint density at radius 1 is 1.29 bits per heavy atom. The fourth-order valence-electron chi connectivity index (χ4n) is 2.35. The molecule has 1 aromatic carbocycles. The zero-order valence-electron chi connectivity index (χ0n) is 13.1. The van der Waals surface area contributed by atoms with E-state index in [0.717, 1.165) is 5.56 Å². The summed E-state index contributed by atoms with van der Waals surface area (Å²) in [6.45, 7) is 6.52. The van der Waals surface area contributed by atoms with E-state index in [1.165, 1.54) is 0 Å². The molecule has 5 heteroatoms. The predicted octanol–water partition coefficient (Wildman–Crippen LogP) is 2.25. The Labute approximate surface area is 126 Å². The van der Waals surface area contributed by atoms with Crippen LogP contribution in [0.25, 0.3) is 0 Å². The van der Waals surface area contributed by atoms with Crippen molar-refractivity contribution in [3.05, 3.63) is 35.9 Å². The summed E-state index contributed by atoms with van der Waals surface area (Å²) in [5.41, 5.74) is 6.76. The maximum atomic E-state index is 9.28. The average molecular weight is 293 g/mol. The number of nitrogens with zero attached hydrogens (tertiary/aromatic N) is 1. The van der Waals surface area contributed by atoms with Crippen LogP contribution in [0.3, 0.4) is 0 Å². The number of aliphatic hydroxyl groups is 1. The van der Waals surface area contributed by atoms with Gasteiger partial charge in [0, 0.05) is 25.1 Å². The number of hydrogen-bond donors (Lipinski definition) is 4. The van der Waals surface area contributed by atoms with Crippen molar-refractivity contribution < 1.29 is 10.3 Å². The van der Waals surface area contributed by atoms with E-state index in [1.807, 2.05) is 30.3 Å². The molecule has 0 saturated carbocycles. The molecule has 5 N–H and O–H groups in total. The van der Waals surface area contributed by atoms with Crippen molar-refractivity contribution in [2.24, 2.45) is 16.3 Å². The molecule has 0 spiro atoms. The number of oxime groups is 1. The number of nitrogens with two attached hydrogens (primary N) is 1. The molecule has 0 aromatic heterocycles. The quantitative estimate of drug-likeness (QED) is 0.268. The largest absolute Gasteiger partial charge is 0.409 e. The minimum Gasteiger partial charge on any atom is -0.409 e. The van der Waals surface area contributed by atoms with Crippen molar-refractivity contribution in [3.8, 4) is 0 Å². The Balaban J connectivity index is 2.95. The van der Waals surface area contributed by atoms with Gasteiger partial charge in [0.1, 0.15) is 5.84 Å². The van der Waals surface area contributed by atoms with Crippen molar-refractivity contribution in [2.75, 3.05) is 6.61 Å². The Hall–Kier alpha value is -1.59. The predicted molar refractivity (Wildman–Crippen MR) is 85.3 cm³/mol. The molecule has 2 unspecified atom stereocenters. The van der Waals surface area contributed by atoms with Crippen molar-refractivity contribution >= 4 is 5.84 Å². The maximum Gasteiger partial charge on any atom is 0.141 e. The second-order valence-corrected chi connectivity index (χ2v) is 6.36. The van der Waals surface area contributed by atoms with Gasteiger partial charge in [0.15, 0.2) is 0 Å². The topological polar surface area (TPSA) is 90.9 Å². The lowest BCUT2D eigenvalue weighted by Crippen LogP contribution is -2.44. The second kappa shape index (κ2) is 8.00. The number of hydrogen-bond acceptors (Lipinski definition) is 4. The van der Waals surface area contributed by atoms with Gasteiger partial charge >= 0.3 is 0 Å². The first kappa shape index (κ1) is 17.5. The highest BCUT2D eigenvalue weighted by atomic mass is 16.4. The third-order valence-electron chi connectivity index (χ3n) is 3.61. The van der Waals surface area contributed by atoms with Gasteiger partial charge in [-0.2, -0.15) is 0 Å². The number of rotatable bonds is 7. The SMILES string of the molecule is CC(C)(C)C(CCO)NC(C/C(N)=N/O)c1ccccc1. The first-order chi connectivity index (χ1) is 9.88.